The highest BCUT2D eigenvalue weighted by Crippen LogP contribution is 2.11. The summed E-state index contributed by atoms with van der Waals surface area (Å²) in [5.74, 6) is -5.37. The first-order valence-corrected chi connectivity index (χ1v) is 12.4. The van der Waals surface area contributed by atoms with Crippen molar-refractivity contribution < 1.29 is 28.8 Å². The molecular weight excluding hydrogens is 524 g/mol. The standard InChI is InChI=1S/C31H24N4O6/c36-26(32-34(28(38)22-13-5-1-6-14-22)29(39)23-15-7-2-8-16-23)21-27(37)33-35(30(40)24-17-9-3-10-18-24)31(41)25-19-11-4-12-20-25/h1-20H,21H2,(H,32,36)(H,33,37). The Balaban J connectivity index is 1.52. The third kappa shape index (κ3) is 7.15. The highest BCUT2D eigenvalue weighted by molar-refractivity contribution is 6.13. The Labute approximate surface area is 235 Å². The van der Waals surface area contributed by atoms with E-state index < -0.39 is 41.9 Å². The maximum Gasteiger partial charge on any atom is 0.279 e. The second-order valence-electron chi connectivity index (χ2n) is 8.60. The van der Waals surface area contributed by atoms with Gasteiger partial charge in [-0.1, -0.05) is 72.8 Å². The summed E-state index contributed by atoms with van der Waals surface area (Å²) in [7, 11) is 0. The molecule has 0 saturated heterocycles. The number of rotatable bonds is 6. The van der Waals surface area contributed by atoms with Gasteiger partial charge in [0, 0.05) is 22.3 Å². The van der Waals surface area contributed by atoms with Crippen LogP contribution in [-0.2, 0) is 9.59 Å². The van der Waals surface area contributed by atoms with E-state index in [4.69, 9.17) is 0 Å². The van der Waals surface area contributed by atoms with Crippen molar-refractivity contribution in [1.82, 2.24) is 20.9 Å². The average Bonchev–Trinajstić information content (AvgIpc) is 3.03. The molecule has 4 aromatic carbocycles. The van der Waals surface area contributed by atoms with Crippen LogP contribution < -0.4 is 10.9 Å². The zero-order valence-electron chi connectivity index (χ0n) is 21.6. The smallest absolute Gasteiger partial charge is 0.273 e. The molecule has 204 valence electrons. The number of hydrogen-bond acceptors (Lipinski definition) is 6. The molecule has 0 heterocycles. The molecule has 0 aliphatic heterocycles. The van der Waals surface area contributed by atoms with Crippen LogP contribution >= 0.6 is 0 Å². The van der Waals surface area contributed by atoms with E-state index in [-0.39, 0.29) is 22.3 Å². The van der Waals surface area contributed by atoms with Crippen molar-refractivity contribution >= 4 is 35.4 Å². The molecule has 0 unspecified atom stereocenters. The van der Waals surface area contributed by atoms with Crippen LogP contribution in [0.2, 0.25) is 0 Å². The van der Waals surface area contributed by atoms with Crippen molar-refractivity contribution in [2.24, 2.45) is 0 Å². The van der Waals surface area contributed by atoms with E-state index in [1.165, 1.54) is 48.5 Å². The Bertz CT molecular complexity index is 1340. The van der Waals surface area contributed by atoms with Crippen molar-refractivity contribution in [3.05, 3.63) is 144 Å². The van der Waals surface area contributed by atoms with E-state index >= 15 is 0 Å². The van der Waals surface area contributed by atoms with Gasteiger partial charge in [0.1, 0.15) is 6.42 Å². The molecular formula is C31H24N4O6. The summed E-state index contributed by atoms with van der Waals surface area (Å²) in [6, 6.07) is 31.2. The predicted molar refractivity (Wildman–Crippen MR) is 148 cm³/mol. The Morgan fingerprint density at radius 3 is 0.829 bits per heavy atom. The molecule has 4 rings (SSSR count). The SMILES string of the molecule is O=C(CC(=O)NN(C(=O)c1ccccc1)C(=O)c1ccccc1)NN(C(=O)c1ccccc1)C(=O)c1ccccc1. The first kappa shape index (κ1) is 28.1. The topological polar surface area (TPSA) is 133 Å². The predicted octanol–water partition coefficient (Wildman–Crippen LogP) is 3.40. The van der Waals surface area contributed by atoms with E-state index in [1.54, 1.807) is 72.8 Å². The lowest BCUT2D eigenvalue weighted by Gasteiger charge is -2.23. The third-order valence-corrected chi connectivity index (χ3v) is 5.69. The van der Waals surface area contributed by atoms with Crippen LogP contribution in [0.1, 0.15) is 47.9 Å². The number of nitrogens with zero attached hydrogens (tertiary/aromatic N) is 2. The van der Waals surface area contributed by atoms with E-state index in [0.717, 1.165) is 0 Å². The average molecular weight is 549 g/mol. The van der Waals surface area contributed by atoms with Gasteiger partial charge in [-0.15, -0.1) is 0 Å². The van der Waals surface area contributed by atoms with Crippen LogP contribution in [-0.4, -0.2) is 45.5 Å². The van der Waals surface area contributed by atoms with E-state index in [9.17, 15) is 28.8 Å². The van der Waals surface area contributed by atoms with E-state index in [0.29, 0.717) is 10.0 Å². The van der Waals surface area contributed by atoms with Crippen molar-refractivity contribution in [1.29, 1.82) is 0 Å². The maximum atomic E-state index is 13.1. The first-order valence-electron chi connectivity index (χ1n) is 12.4. The highest BCUT2D eigenvalue weighted by Gasteiger charge is 2.29. The summed E-state index contributed by atoms with van der Waals surface area (Å²) < 4.78 is 0. The van der Waals surface area contributed by atoms with Gasteiger partial charge in [0.15, 0.2) is 0 Å². The summed E-state index contributed by atoms with van der Waals surface area (Å²) in [6.07, 6.45) is -0.915. The largest absolute Gasteiger partial charge is 0.279 e. The quantitative estimate of drug-likeness (QED) is 0.216. The molecule has 2 N–H and O–H groups in total. The lowest BCUT2D eigenvalue weighted by Crippen LogP contribution is -2.53. The van der Waals surface area contributed by atoms with E-state index in [2.05, 4.69) is 10.9 Å². The number of nitrogens with one attached hydrogen (secondary N) is 2. The van der Waals surface area contributed by atoms with Gasteiger partial charge in [-0.25, -0.2) is 0 Å². The van der Waals surface area contributed by atoms with Gasteiger partial charge in [-0.2, -0.15) is 10.0 Å². The molecule has 4 aromatic rings. The molecule has 6 amide bonds. The number of hydrogen-bond donors (Lipinski definition) is 2. The lowest BCUT2D eigenvalue weighted by molar-refractivity contribution is -0.132. The van der Waals surface area contributed by atoms with Gasteiger partial charge >= 0.3 is 0 Å². The van der Waals surface area contributed by atoms with Crippen LogP contribution in [0.3, 0.4) is 0 Å². The van der Waals surface area contributed by atoms with Gasteiger partial charge in [0.25, 0.3) is 23.6 Å². The minimum atomic E-state index is -1.03. The number of imide groups is 2. The zero-order chi connectivity index (χ0) is 29.2. The van der Waals surface area contributed by atoms with Crippen molar-refractivity contribution in [3.63, 3.8) is 0 Å². The molecule has 0 aliphatic rings. The Kier molecular flexibility index (Phi) is 9.09. The molecule has 0 spiro atoms. The molecule has 0 saturated carbocycles. The van der Waals surface area contributed by atoms with Crippen molar-refractivity contribution in [2.45, 2.75) is 6.42 Å². The number of benzene rings is 4. The summed E-state index contributed by atoms with van der Waals surface area (Å²) in [5, 5.41) is 1.03. The van der Waals surface area contributed by atoms with Crippen LogP contribution in [0.4, 0.5) is 0 Å². The van der Waals surface area contributed by atoms with Gasteiger partial charge in [0.2, 0.25) is 11.8 Å². The first-order chi connectivity index (χ1) is 19.8. The molecule has 0 atom stereocenters. The number of amides is 6. The zero-order valence-corrected chi connectivity index (χ0v) is 21.6. The Hall–Kier alpha value is -5.90. The summed E-state index contributed by atoms with van der Waals surface area (Å²) in [6.45, 7) is 0. The molecule has 0 aliphatic carbocycles. The third-order valence-electron chi connectivity index (χ3n) is 5.69. The molecule has 0 radical (unpaired) electrons. The fraction of sp³-hybridized carbons (Fsp3) is 0.0323. The van der Waals surface area contributed by atoms with Crippen LogP contribution in [0.15, 0.2) is 121 Å². The molecule has 0 aromatic heterocycles. The second-order valence-corrected chi connectivity index (χ2v) is 8.60. The van der Waals surface area contributed by atoms with E-state index in [1.807, 2.05) is 0 Å². The van der Waals surface area contributed by atoms with Crippen LogP contribution in [0.5, 0.6) is 0 Å². The van der Waals surface area contributed by atoms with Crippen LogP contribution in [0.25, 0.3) is 0 Å². The molecule has 0 fully saturated rings. The van der Waals surface area contributed by atoms with Crippen molar-refractivity contribution in [2.75, 3.05) is 0 Å². The van der Waals surface area contributed by atoms with Gasteiger partial charge in [-0.05, 0) is 48.5 Å². The normalized spacial score (nSPS) is 10.1. The fourth-order valence-electron chi connectivity index (χ4n) is 3.70. The highest BCUT2D eigenvalue weighted by atomic mass is 16.2. The fourth-order valence-corrected chi connectivity index (χ4v) is 3.70. The van der Waals surface area contributed by atoms with Gasteiger partial charge < -0.3 is 0 Å². The molecule has 10 nitrogen and oxygen atoms in total. The minimum absolute atomic E-state index is 0.120. The summed E-state index contributed by atoms with van der Waals surface area (Å²) in [4.78, 5) is 78.4. The second kappa shape index (κ2) is 13.3. The monoisotopic (exact) mass is 548 g/mol. The van der Waals surface area contributed by atoms with Crippen LogP contribution in [0, 0.1) is 0 Å². The number of carbonyl (C=O) groups is 6. The van der Waals surface area contributed by atoms with Gasteiger partial charge in [0.05, 0.1) is 0 Å². The van der Waals surface area contributed by atoms with Gasteiger partial charge in [-0.3, -0.25) is 39.6 Å². The molecule has 10 heteroatoms. The number of carbonyl (C=O) groups excluding carboxylic acids is 6. The van der Waals surface area contributed by atoms with Crippen molar-refractivity contribution in [3.8, 4) is 0 Å². The Morgan fingerprint density at radius 2 is 0.610 bits per heavy atom. The maximum absolute atomic E-state index is 13.1. The number of hydrazine groups is 2. The summed E-state index contributed by atoms with van der Waals surface area (Å²) in [5.41, 5.74) is 4.85. The minimum Gasteiger partial charge on any atom is -0.273 e. The summed E-state index contributed by atoms with van der Waals surface area (Å²) >= 11 is 0. The lowest BCUT2D eigenvalue weighted by atomic mass is 10.1. The Morgan fingerprint density at radius 1 is 0.390 bits per heavy atom. The molecule has 41 heavy (non-hydrogen) atoms. The molecule has 0 bridgehead atoms.